The summed E-state index contributed by atoms with van der Waals surface area (Å²) in [5.74, 6) is -2.40. The fourth-order valence-electron chi connectivity index (χ4n) is 4.81. The Morgan fingerprint density at radius 3 is 2.34 bits per heavy atom. The van der Waals surface area contributed by atoms with Gasteiger partial charge in [-0.15, -0.1) is 0 Å². The predicted molar refractivity (Wildman–Crippen MR) is 105 cm³/mol. The molecule has 3 aliphatic rings. The van der Waals surface area contributed by atoms with Gasteiger partial charge in [0.05, 0.1) is 11.8 Å². The van der Waals surface area contributed by atoms with Gasteiger partial charge in [-0.25, -0.2) is 4.79 Å². The number of nitrogens with zero attached hydrogens (tertiary/aromatic N) is 1. The van der Waals surface area contributed by atoms with E-state index >= 15 is 0 Å². The highest BCUT2D eigenvalue weighted by Gasteiger charge is 2.60. The fourth-order valence-corrected chi connectivity index (χ4v) is 4.81. The first-order chi connectivity index (χ1) is 13.8. The van der Waals surface area contributed by atoms with Crippen molar-refractivity contribution >= 4 is 29.4 Å². The number of fused-ring (bicyclic) bond motifs is 5. The standard InChI is InChI=1S/C22H24N2O5/c1-11-4-7-16(12(2)8-11)23-17(25)10-29-22(28)13(3)24-20(26)18-14-5-6-15(9-14)19(18)21(24)27/h4-8,13-15,18-19H,9-10H2,1-3H3,(H,23,25)/t13-,14-,15-,18+,19+/m0/s1. The first-order valence-electron chi connectivity index (χ1n) is 9.87. The minimum atomic E-state index is -1.05. The quantitative estimate of drug-likeness (QED) is 0.467. The van der Waals surface area contributed by atoms with Crippen LogP contribution in [-0.2, 0) is 23.9 Å². The van der Waals surface area contributed by atoms with Gasteiger partial charge in [0, 0.05) is 5.69 Å². The van der Waals surface area contributed by atoms with Gasteiger partial charge in [0.2, 0.25) is 11.8 Å². The molecule has 0 aromatic heterocycles. The molecule has 3 amide bonds. The normalized spacial score (nSPS) is 27.9. The van der Waals surface area contributed by atoms with Crippen molar-refractivity contribution in [2.45, 2.75) is 33.2 Å². The molecule has 0 spiro atoms. The molecule has 29 heavy (non-hydrogen) atoms. The van der Waals surface area contributed by atoms with E-state index in [0.717, 1.165) is 22.4 Å². The van der Waals surface area contributed by atoms with Crippen molar-refractivity contribution in [1.29, 1.82) is 0 Å². The highest BCUT2D eigenvalue weighted by atomic mass is 16.5. The fraction of sp³-hybridized carbons (Fsp3) is 0.455. The molecular weight excluding hydrogens is 372 g/mol. The third kappa shape index (κ3) is 3.24. The Labute approximate surface area is 169 Å². The van der Waals surface area contributed by atoms with Gasteiger partial charge in [-0.2, -0.15) is 0 Å². The van der Waals surface area contributed by atoms with Gasteiger partial charge < -0.3 is 10.1 Å². The van der Waals surface area contributed by atoms with Gasteiger partial charge in [0.1, 0.15) is 6.04 Å². The minimum absolute atomic E-state index is 0.0817. The number of esters is 1. The molecule has 1 saturated carbocycles. The Morgan fingerprint density at radius 2 is 1.76 bits per heavy atom. The number of benzene rings is 1. The Balaban J connectivity index is 1.35. The maximum Gasteiger partial charge on any atom is 0.329 e. The minimum Gasteiger partial charge on any atom is -0.454 e. The summed E-state index contributed by atoms with van der Waals surface area (Å²) in [5.41, 5.74) is 2.63. The topological polar surface area (TPSA) is 92.8 Å². The van der Waals surface area contributed by atoms with Crippen molar-refractivity contribution in [3.8, 4) is 0 Å². The van der Waals surface area contributed by atoms with E-state index in [0.29, 0.717) is 5.69 Å². The number of nitrogens with one attached hydrogen (secondary N) is 1. The lowest BCUT2D eigenvalue weighted by atomic mass is 9.85. The third-order valence-corrected chi connectivity index (χ3v) is 6.23. The maximum atomic E-state index is 12.8. The maximum absolute atomic E-state index is 12.8. The van der Waals surface area contributed by atoms with Crippen LogP contribution in [0.3, 0.4) is 0 Å². The summed E-state index contributed by atoms with van der Waals surface area (Å²) < 4.78 is 5.09. The number of carbonyl (C=O) groups is 4. The van der Waals surface area contributed by atoms with E-state index < -0.39 is 24.5 Å². The summed E-state index contributed by atoms with van der Waals surface area (Å²) >= 11 is 0. The summed E-state index contributed by atoms with van der Waals surface area (Å²) in [6, 6.07) is 4.55. The van der Waals surface area contributed by atoms with Crippen LogP contribution in [0.25, 0.3) is 0 Å². The first-order valence-corrected chi connectivity index (χ1v) is 9.87. The average molecular weight is 396 g/mol. The van der Waals surface area contributed by atoms with Crippen LogP contribution in [0.1, 0.15) is 24.5 Å². The van der Waals surface area contributed by atoms with Crippen LogP contribution in [0.4, 0.5) is 5.69 Å². The van der Waals surface area contributed by atoms with E-state index in [2.05, 4.69) is 5.32 Å². The van der Waals surface area contributed by atoms with Crippen LogP contribution in [0, 0.1) is 37.5 Å². The number of amides is 3. The number of ether oxygens (including phenoxy) is 1. The molecule has 1 aliphatic heterocycles. The second kappa shape index (κ2) is 7.13. The lowest BCUT2D eigenvalue weighted by molar-refractivity contribution is -0.159. The molecule has 1 N–H and O–H groups in total. The zero-order chi connectivity index (χ0) is 20.9. The summed E-state index contributed by atoms with van der Waals surface area (Å²) in [6.07, 6.45) is 4.83. The van der Waals surface area contributed by atoms with Gasteiger partial charge in [-0.3, -0.25) is 19.3 Å². The number of imide groups is 1. The molecule has 2 fully saturated rings. The van der Waals surface area contributed by atoms with Gasteiger partial charge >= 0.3 is 5.97 Å². The molecule has 5 atom stereocenters. The van der Waals surface area contributed by atoms with Crippen LogP contribution >= 0.6 is 0 Å². The molecule has 1 saturated heterocycles. The van der Waals surface area contributed by atoms with Crippen molar-refractivity contribution in [2.75, 3.05) is 11.9 Å². The highest BCUT2D eigenvalue weighted by Crippen LogP contribution is 2.52. The lowest BCUT2D eigenvalue weighted by Gasteiger charge is -2.23. The monoisotopic (exact) mass is 396 g/mol. The molecule has 0 unspecified atom stereocenters. The van der Waals surface area contributed by atoms with Crippen LogP contribution in [0.15, 0.2) is 30.4 Å². The van der Waals surface area contributed by atoms with Crippen LogP contribution < -0.4 is 5.32 Å². The van der Waals surface area contributed by atoms with Crippen molar-refractivity contribution < 1.29 is 23.9 Å². The molecule has 7 nitrogen and oxygen atoms in total. The van der Waals surface area contributed by atoms with Crippen molar-refractivity contribution in [3.63, 3.8) is 0 Å². The number of allylic oxidation sites excluding steroid dienone is 2. The second-order valence-electron chi connectivity index (χ2n) is 8.20. The molecule has 1 aromatic rings. The molecular formula is C22H24N2O5. The first kappa shape index (κ1) is 19.4. The van der Waals surface area contributed by atoms with E-state index in [1.165, 1.54) is 6.92 Å². The molecule has 1 aromatic carbocycles. The number of hydrogen-bond acceptors (Lipinski definition) is 5. The summed E-state index contributed by atoms with van der Waals surface area (Å²) in [5, 5.41) is 2.70. The third-order valence-electron chi connectivity index (χ3n) is 6.23. The molecule has 0 radical (unpaired) electrons. The van der Waals surface area contributed by atoms with Gasteiger partial charge in [0.15, 0.2) is 6.61 Å². The molecule has 7 heteroatoms. The molecule has 2 bridgehead atoms. The Bertz CT molecular complexity index is 907. The molecule has 2 aliphatic carbocycles. The van der Waals surface area contributed by atoms with Gasteiger partial charge in [-0.05, 0) is 50.7 Å². The summed E-state index contributed by atoms with van der Waals surface area (Å²) in [7, 11) is 0. The Hall–Kier alpha value is -2.96. The van der Waals surface area contributed by atoms with E-state index in [9.17, 15) is 19.2 Å². The number of likely N-dealkylation sites (tertiary alicyclic amines) is 1. The summed E-state index contributed by atoms with van der Waals surface area (Å²) in [6.45, 7) is 4.82. The van der Waals surface area contributed by atoms with E-state index in [-0.39, 0.29) is 35.5 Å². The number of rotatable bonds is 5. The summed E-state index contributed by atoms with van der Waals surface area (Å²) in [4.78, 5) is 51.1. The molecule has 1 heterocycles. The number of hydrogen-bond donors (Lipinski definition) is 1. The van der Waals surface area contributed by atoms with E-state index in [4.69, 9.17) is 4.74 Å². The zero-order valence-corrected chi connectivity index (χ0v) is 16.7. The zero-order valence-electron chi connectivity index (χ0n) is 16.7. The molecule has 4 rings (SSSR count). The van der Waals surface area contributed by atoms with Crippen molar-refractivity contribution in [2.24, 2.45) is 23.7 Å². The number of anilines is 1. The average Bonchev–Trinajstić information content (AvgIpc) is 3.35. The lowest BCUT2D eigenvalue weighted by Crippen LogP contribution is -2.45. The number of aryl methyl sites for hydroxylation is 2. The van der Waals surface area contributed by atoms with Crippen LogP contribution in [0.5, 0.6) is 0 Å². The SMILES string of the molecule is Cc1ccc(NC(=O)COC(=O)[C@H](C)N2C(=O)[C@H]3[C@H](C2=O)[C@H]2C=C[C@H]3C2)c(C)c1. The van der Waals surface area contributed by atoms with Gasteiger partial charge in [-0.1, -0.05) is 29.8 Å². The van der Waals surface area contributed by atoms with Crippen LogP contribution in [0.2, 0.25) is 0 Å². The molecule has 152 valence electrons. The number of carbonyl (C=O) groups excluding carboxylic acids is 4. The van der Waals surface area contributed by atoms with Crippen molar-refractivity contribution in [1.82, 2.24) is 4.90 Å². The largest absolute Gasteiger partial charge is 0.454 e. The predicted octanol–water partition coefficient (Wildman–Crippen LogP) is 1.98. The van der Waals surface area contributed by atoms with E-state index in [1.807, 2.05) is 38.1 Å². The Morgan fingerprint density at radius 1 is 1.14 bits per heavy atom. The highest BCUT2D eigenvalue weighted by molar-refractivity contribution is 6.09. The smallest absolute Gasteiger partial charge is 0.329 e. The van der Waals surface area contributed by atoms with Crippen LogP contribution in [-0.4, -0.2) is 41.2 Å². The van der Waals surface area contributed by atoms with E-state index in [1.54, 1.807) is 6.07 Å². The van der Waals surface area contributed by atoms with Crippen molar-refractivity contribution in [3.05, 3.63) is 41.5 Å². The van der Waals surface area contributed by atoms with Gasteiger partial charge in [0.25, 0.3) is 5.91 Å². The second-order valence-corrected chi connectivity index (χ2v) is 8.20. The Kier molecular flexibility index (Phi) is 4.76.